The molecule has 2 aromatic carbocycles. The highest BCUT2D eigenvalue weighted by molar-refractivity contribution is 6.30. The van der Waals surface area contributed by atoms with Crippen LogP contribution in [0, 0.1) is 6.92 Å². The average molecular weight is 444 g/mol. The largest absolute Gasteiger partial charge is 0.439 e. The Bertz CT molecular complexity index is 945. The van der Waals surface area contributed by atoms with Crippen LogP contribution in [0.15, 0.2) is 54.6 Å². The van der Waals surface area contributed by atoms with Gasteiger partial charge < -0.3 is 14.6 Å². The molecule has 0 radical (unpaired) electrons. The van der Waals surface area contributed by atoms with Gasteiger partial charge in [-0.05, 0) is 49.7 Å². The van der Waals surface area contributed by atoms with Gasteiger partial charge in [0.2, 0.25) is 5.88 Å². The molecule has 0 amide bonds. The number of para-hydroxylation sites is 1. The van der Waals surface area contributed by atoms with Crippen molar-refractivity contribution in [1.82, 2.24) is 14.7 Å². The maximum atomic E-state index is 10.2. The number of nitrogens with zero attached hydrogens (tertiary/aromatic N) is 3. The van der Waals surface area contributed by atoms with Crippen LogP contribution < -0.4 is 4.74 Å². The van der Waals surface area contributed by atoms with E-state index in [-0.39, 0.29) is 0 Å². The van der Waals surface area contributed by atoms with Gasteiger partial charge >= 0.3 is 0 Å². The summed E-state index contributed by atoms with van der Waals surface area (Å²) in [4.78, 5) is 2.17. The molecule has 3 aromatic rings. The number of methoxy groups -OCH3 is 1. The van der Waals surface area contributed by atoms with Gasteiger partial charge in [0.05, 0.1) is 29.7 Å². The molecule has 0 aliphatic rings. The fraction of sp³-hybridized carbons (Fsp3) is 0.375. The second-order valence-electron chi connectivity index (χ2n) is 7.46. The summed E-state index contributed by atoms with van der Waals surface area (Å²) in [5.74, 6) is 1.33. The van der Waals surface area contributed by atoms with Crippen molar-refractivity contribution in [2.45, 2.75) is 32.9 Å². The molecule has 6 nitrogen and oxygen atoms in total. The van der Waals surface area contributed by atoms with E-state index in [1.165, 1.54) is 0 Å². The first kappa shape index (κ1) is 23.3. The SMILES string of the molecule is CCC(O)CN(CCOC)Cc1c(C)nn(-c2ccccc2)c1Oc1ccc(Cl)cc1. The summed E-state index contributed by atoms with van der Waals surface area (Å²) in [6.07, 6.45) is 0.293. The molecule has 31 heavy (non-hydrogen) atoms. The lowest BCUT2D eigenvalue weighted by Gasteiger charge is -2.24. The van der Waals surface area contributed by atoms with Crippen molar-refractivity contribution < 1.29 is 14.6 Å². The first-order chi connectivity index (χ1) is 15.0. The van der Waals surface area contributed by atoms with Crippen molar-refractivity contribution in [3.05, 3.63) is 70.9 Å². The number of hydrogen-bond acceptors (Lipinski definition) is 5. The fourth-order valence-electron chi connectivity index (χ4n) is 3.29. The number of rotatable bonds is 11. The molecule has 1 heterocycles. The smallest absolute Gasteiger partial charge is 0.227 e. The van der Waals surface area contributed by atoms with Gasteiger partial charge in [-0.3, -0.25) is 4.90 Å². The van der Waals surface area contributed by atoms with Crippen LogP contribution in [0.5, 0.6) is 11.6 Å². The van der Waals surface area contributed by atoms with Gasteiger partial charge in [-0.1, -0.05) is 36.7 Å². The maximum Gasteiger partial charge on any atom is 0.227 e. The summed E-state index contributed by atoms with van der Waals surface area (Å²) in [6, 6.07) is 17.2. The second-order valence-corrected chi connectivity index (χ2v) is 7.90. The van der Waals surface area contributed by atoms with Gasteiger partial charge in [-0.2, -0.15) is 5.10 Å². The van der Waals surface area contributed by atoms with E-state index in [4.69, 9.17) is 26.2 Å². The minimum absolute atomic E-state index is 0.401. The molecule has 0 fully saturated rings. The first-order valence-corrected chi connectivity index (χ1v) is 10.9. The predicted octanol–water partition coefficient (Wildman–Crippen LogP) is 4.85. The van der Waals surface area contributed by atoms with Crippen molar-refractivity contribution >= 4 is 11.6 Å². The van der Waals surface area contributed by atoms with Crippen molar-refractivity contribution in [1.29, 1.82) is 0 Å². The highest BCUT2D eigenvalue weighted by atomic mass is 35.5. The number of aromatic nitrogens is 2. The number of benzene rings is 2. The monoisotopic (exact) mass is 443 g/mol. The molecule has 1 N–H and O–H groups in total. The molecule has 1 unspecified atom stereocenters. The van der Waals surface area contributed by atoms with E-state index in [0.29, 0.717) is 49.3 Å². The Kier molecular flexibility index (Phi) is 8.49. The van der Waals surface area contributed by atoms with Crippen LogP contribution in [0.4, 0.5) is 0 Å². The predicted molar refractivity (Wildman–Crippen MR) is 123 cm³/mol. The third kappa shape index (κ3) is 6.31. The zero-order valence-corrected chi connectivity index (χ0v) is 19.0. The molecular formula is C24H30ClN3O3. The van der Waals surface area contributed by atoms with Crippen LogP contribution in [0.25, 0.3) is 5.69 Å². The van der Waals surface area contributed by atoms with E-state index in [1.54, 1.807) is 19.2 Å². The Hall–Kier alpha value is -2.38. The highest BCUT2D eigenvalue weighted by Crippen LogP contribution is 2.32. The molecule has 0 bridgehead atoms. The number of aliphatic hydroxyl groups is 1. The minimum atomic E-state index is -0.401. The molecule has 1 aromatic heterocycles. The summed E-state index contributed by atoms with van der Waals surface area (Å²) in [5, 5.41) is 15.7. The summed E-state index contributed by atoms with van der Waals surface area (Å²) >= 11 is 6.04. The Balaban J connectivity index is 1.99. The molecule has 7 heteroatoms. The van der Waals surface area contributed by atoms with Gasteiger partial charge in [0.1, 0.15) is 5.75 Å². The first-order valence-electron chi connectivity index (χ1n) is 10.5. The molecular weight excluding hydrogens is 414 g/mol. The van der Waals surface area contributed by atoms with Crippen molar-refractivity contribution in [2.24, 2.45) is 0 Å². The Morgan fingerprint density at radius 3 is 2.48 bits per heavy atom. The lowest BCUT2D eigenvalue weighted by molar-refractivity contribution is 0.0825. The Labute approximate surface area is 189 Å². The highest BCUT2D eigenvalue weighted by Gasteiger charge is 2.22. The molecule has 166 valence electrons. The van der Waals surface area contributed by atoms with E-state index < -0.39 is 6.10 Å². The molecule has 0 saturated carbocycles. The summed E-state index contributed by atoms with van der Waals surface area (Å²) in [5.41, 5.74) is 2.76. The normalized spacial score (nSPS) is 12.3. The number of ether oxygens (including phenoxy) is 2. The van der Waals surface area contributed by atoms with E-state index >= 15 is 0 Å². The number of halogens is 1. The van der Waals surface area contributed by atoms with Crippen LogP contribution >= 0.6 is 11.6 Å². The molecule has 1 atom stereocenters. The van der Waals surface area contributed by atoms with E-state index in [1.807, 2.05) is 61.0 Å². The standard InChI is InChI=1S/C24H30ClN3O3/c1-4-21(29)16-27(14-15-30-3)17-23-18(2)26-28(20-8-6-5-7-9-20)24(23)31-22-12-10-19(25)11-13-22/h5-13,21,29H,4,14-17H2,1-3H3. The van der Waals surface area contributed by atoms with Crippen LogP contribution in [0.2, 0.25) is 5.02 Å². The third-order valence-corrected chi connectivity index (χ3v) is 5.35. The third-order valence-electron chi connectivity index (χ3n) is 5.10. The van der Waals surface area contributed by atoms with E-state index in [0.717, 1.165) is 16.9 Å². The van der Waals surface area contributed by atoms with Gasteiger partial charge in [-0.25, -0.2) is 4.68 Å². The molecule has 3 rings (SSSR count). The number of aryl methyl sites for hydroxylation is 1. The fourth-order valence-corrected chi connectivity index (χ4v) is 3.42. The summed E-state index contributed by atoms with van der Waals surface area (Å²) in [6.45, 7) is 6.37. The van der Waals surface area contributed by atoms with Crippen LogP contribution in [0.1, 0.15) is 24.6 Å². The number of aliphatic hydroxyl groups excluding tert-OH is 1. The zero-order valence-electron chi connectivity index (χ0n) is 18.3. The summed E-state index contributed by atoms with van der Waals surface area (Å²) < 4.78 is 13.4. The zero-order chi connectivity index (χ0) is 22.2. The topological polar surface area (TPSA) is 59.8 Å². The lowest BCUT2D eigenvalue weighted by atomic mass is 10.2. The van der Waals surface area contributed by atoms with E-state index in [9.17, 15) is 5.11 Å². The van der Waals surface area contributed by atoms with Crippen LogP contribution in [0.3, 0.4) is 0 Å². The maximum absolute atomic E-state index is 10.2. The van der Waals surface area contributed by atoms with Crippen molar-refractivity contribution in [2.75, 3.05) is 26.8 Å². The van der Waals surface area contributed by atoms with Gasteiger partial charge in [0, 0.05) is 31.8 Å². The van der Waals surface area contributed by atoms with Gasteiger partial charge in [0.25, 0.3) is 0 Å². The Morgan fingerprint density at radius 2 is 1.84 bits per heavy atom. The van der Waals surface area contributed by atoms with Gasteiger partial charge in [0.15, 0.2) is 0 Å². The van der Waals surface area contributed by atoms with Crippen LogP contribution in [-0.2, 0) is 11.3 Å². The Morgan fingerprint density at radius 1 is 1.13 bits per heavy atom. The quantitative estimate of drug-likeness (QED) is 0.459. The average Bonchev–Trinajstić information content (AvgIpc) is 3.09. The molecule has 0 saturated heterocycles. The lowest BCUT2D eigenvalue weighted by Crippen LogP contribution is -2.34. The van der Waals surface area contributed by atoms with Gasteiger partial charge in [-0.15, -0.1) is 0 Å². The number of hydrogen-bond donors (Lipinski definition) is 1. The molecule has 0 spiro atoms. The van der Waals surface area contributed by atoms with Crippen LogP contribution in [-0.4, -0.2) is 52.7 Å². The molecule has 0 aliphatic carbocycles. The molecule has 0 aliphatic heterocycles. The van der Waals surface area contributed by atoms with Crippen molar-refractivity contribution in [3.8, 4) is 17.3 Å². The van der Waals surface area contributed by atoms with E-state index in [2.05, 4.69) is 4.90 Å². The van der Waals surface area contributed by atoms with Crippen molar-refractivity contribution in [3.63, 3.8) is 0 Å². The minimum Gasteiger partial charge on any atom is -0.439 e. The summed E-state index contributed by atoms with van der Waals surface area (Å²) in [7, 11) is 1.68. The second kappa shape index (κ2) is 11.3.